The fraction of sp³-hybridized carbons (Fsp3) is 0.676. The van der Waals surface area contributed by atoms with Crippen molar-refractivity contribution in [1.82, 2.24) is 60.5 Å². The Labute approximate surface area is 588 Å². The summed E-state index contributed by atoms with van der Waals surface area (Å²) in [4.78, 5) is 190. The summed E-state index contributed by atoms with van der Waals surface area (Å²) in [5, 5.41) is 22.9. The number of likely N-dealkylation sites (N-methyl/N-ethyl adjacent to an activating group) is 7. The molecule has 99 heavy (non-hydrogen) atoms. The molecule has 25 heteroatoms. The maximum absolute atomic E-state index is 15.4. The highest BCUT2D eigenvalue weighted by molar-refractivity contribution is 6.00. The molecule has 0 radical (unpaired) electrons. The van der Waals surface area contributed by atoms with Gasteiger partial charge >= 0.3 is 0 Å². The quantitative estimate of drug-likeness (QED) is 0.157. The molecule has 552 valence electrons. The van der Waals surface area contributed by atoms with Crippen molar-refractivity contribution in [2.24, 2.45) is 29.6 Å². The molecule has 2 aromatic carbocycles. The Balaban J connectivity index is 1.98. The van der Waals surface area contributed by atoms with Gasteiger partial charge in [-0.15, -0.1) is 0 Å². The van der Waals surface area contributed by atoms with Gasteiger partial charge < -0.3 is 65.6 Å². The summed E-state index contributed by atoms with van der Waals surface area (Å²) in [6, 6.07) is 3.13. The van der Waals surface area contributed by atoms with E-state index in [1.54, 1.807) is 72.5 Å². The average Bonchev–Trinajstić information content (AvgIpc) is 0.819. The van der Waals surface area contributed by atoms with Gasteiger partial charge in [-0.2, -0.15) is 0 Å². The van der Waals surface area contributed by atoms with Crippen LogP contribution in [0, 0.1) is 29.6 Å². The first-order chi connectivity index (χ1) is 46.4. The number of hydrogen-bond donors (Lipinski definition) is 5. The number of nitrogens with zero attached hydrogens (tertiary/aromatic N) is 8. The Morgan fingerprint density at radius 1 is 0.434 bits per heavy atom. The Hall–Kier alpha value is -7.96. The molecule has 4 rings (SSSR count). The van der Waals surface area contributed by atoms with E-state index in [1.807, 2.05) is 62.3 Å². The molecule has 0 saturated carbocycles. The maximum atomic E-state index is 15.4. The van der Waals surface area contributed by atoms with E-state index in [0.29, 0.717) is 43.5 Å². The van der Waals surface area contributed by atoms with Crippen LogP contribution >= 0.6 is 0 Å². The molecule has 2 heterocycles. The van der Waals surface area contributed by atoms with E-state index in [4.69, 9.17) is 0 Å². The molecular weight excluding hydrogens is 1260 g/mol. The van der Waals surface area contributed by atoms with Gasteiger partial charge in [0.2, 0.25) is 70.9 Å². The molecule has 25 nitrogen and oxygen atoms in total. The number of piperidine rings is 1. The minimum atomic E-state index is -1.69. The van der Waals surface area contributed by atoms with Gasteiger partial charge in [0, 0.05) is 75.3 Å². The van der Waals surface area contributed by atoms with Gasteiger partial charge in [-0.25, -0.2) is 0 Å². The SMILES string of the molecule is CC[C@H](C)[C@@H]1NC(=O)[C@H](CC(C)C)N(C)C(=O)[C@H](Cc2ccccc2)N(C)C(=O)[C@H]([C@@H](C)O)NC(=O)[C@H](CC(C)C)N(C)C(=O)[C@H](CC(C)C)N(C)C(=O)[C@H](C)N(C)C(=O)C[C@@H](C(=O)N2CCCCC2)NC(=O)[C@H](CC(C)C)NC(=O)[C@H](Cc2ccccc2)N(C)C(=O)[C@H](C)N(C)C1=O. The zero-order chi connectivity index (χ0) is 74.6. The predicted molar refractivity (Wildman–Crippen MR) is 379 cm³/mol. The number of likely N-dealkylation sites (tertiary alicyclic amines) is 1. The van der Waals surface area contributed by atoms with Gasteiger partial charge in [0.05, 0.1) is 12.5 Å². The summed E-state index contributed by atoms with van der Waals surface area (Å²) in [6.07, 6.45) is 0.641. The van der Waals surface area contributed by atoms with Crippen LogP contribution in [0.25, 0.3) is 0 Å². The van der Waals surface area contributed by atoms with Crippen molar-refractivity contribution in [2.45, 2.75) is 233 Å². The molecule has 0 aromatic heterocycles. The molecule has 2 saturated heterocycles. The monoisotopic (exact) mass is 1380 g/mol. The number of amides is 12. The second-order valence-electron chi connectivity index (χ2n) is 29.3. The van der Waals surface area contributed by atoms with Gasteiger partial charge in [-0.1, -0.05) is 136 Å². The van der Waals surface area contributed by atoms with Crippen LogP contribution < -0.4 is 21.3 Å². The van der Waals surface area contributed by atoms with Gasteiger partial charge in [0.15, 0.2) is 0 Å². The van der Waals surface area contributed by atoms with E-state index in [9.17, 15) is 29.1 Å². The first-order valence-electron chi connectivity index (χ1n) is 35.5. The summed E-state index contributed by atoms with van der Waals surface area (Å²) < 4.78 is 0. The Morgan fingerprint density at radius 3 is 1.27 bits per heavy atom. The van der Waals surface area contributed by atoms with Crippen LogP contribution in [-0.2, 0) is 70.4 Å². The van der Waals surface area contributed by atoms with Crippen LogP contribution in [0.5, 0.6) is 0 Å². The fourth-order valence-electron chi connectivity index (χ4n) is 12.8. The topological polar surface area (TPSA) is 299 Å². The van der Waals surface area contributed by atoms with Crippen molar-refractivity contribution in [3.8, 4) is 0 Å². The number of rotatable bonds is 16. The largest absolute Gasteiger partial charge is 0.391 e. The van der Waals surface area contributed by atoms with E-state index < -0.39 is 156 Å². The lowest BCUT2D eigenvalue weighted by atomic mass is 9.95. The minimum Gasteiger partial charge on any atom is -0.391 e. The van der Waals surface area contributed by atoms with Crippen molar-refractivity contribution < 1.29 is 62.6 Å². The lowest BCUT2D eigenvalue weighted by Gasteiger charge is -2.39. The highest BCUT2D eigenvalue weighted by Crippen LogP contribution is 2.25. The highest BCUT2D eigenvalue weighted by Gasteiger charge is 2.45. The molecule has 2 aliphatic rings. The van der Waals surface area contributed by atoms with E-state index in [0.717, 1.165) is 16.2 Å². The Kier molecular flexibility index (Phi) is 32.5. The lowest BCUT2D eigenvalue weighted by Crippen LogP contribution is -2.63. The molecule has 0 bridgehead atoms. The Bertz CT molecular complexity index is 3070. The summed E-state index contributed by atoms with van der Waals surface area (Å²) >= 11 is 0. The van der Waals surface area contributed by atoms with Crippen LogP contribution in [0.3, 0.4) is 0 Å². The third kappa shape index (κ3) is 23.0. The molecule has 5 N–H and O–H groups in total. The van der Waals surface area contributed by atoms with Crippen molar-refractivity contribution >= 4 is 70.9 Å². The van der Waals surface area contributed by atoms with Crippen LogP contribution in [0.15, 0.2) is 60.7 Å². The fourth-order valence-corrected chi connectivity index (χ4v) is 12.8. The van der Waals surface area contributed by atoms with E-state index in [-0.39, 0.29) is 62.2 Å². The van der Waals surface area contributed by atoms with Crippen molar-refractivity contribution in [1.29, 1.82) is 0 Å². The van der Waals surface area contributed by atoms with E-state index in [2.05, 4.69) is 21.3 Å². The molecule has 0 unspecified atom stereocenters. The Morgan fingerprint density at radius 2 is 0.818 bits per heavy atom. The molecule has 12 amide bonds. The molecule has 2 fully saturated rings. The number of aliphatic hydroxyl groups excluding tert-OH is 1. The standard InChI is InChI=1S/C74H118N12O13/c1-21-48(10)62-73(98)80(15)50(12)69(94)81(16)58(41-52-31-25-22-26-32-52)65(90)75-54(37-44(2)3)64(89)76-55(70(95)86-35-29-24-30-36-86)43-61(88)79(14)49(11)68(93)84(19)59(40-47(8)9)71(96)82(17)57(39-46(6)7)67(92)78-63(51(13)87)74(99)85(20)60(42-53-33-27-23-28-34-53)72(97)83(18)56(38-45(4)5)66(91)77-62/h22-23,25-28,31-34,44-51,54-60,62-63,87H,21,24,29-30,35-43H2,1-20H3,(H,75,90)(H,76,89)(H,77,91)(H,78,92)/t48-,49-,50-,51+,54-,55-,56-,57-,58-,59-,60-,62-,63-/m0/s1. The van der Waals surface area contributed by atoms with E-state index >= 15 is 33.6 Å². The summed E-state index contributed by atoms with van der Waals surface area (Å²) in [5.41, 5.74) is 1.29. The number of benzene rings is 2. The summed E-state index contributed by atoms with van der Waals surface area (Å²) in [7, 11) is 9.87. The molecule has 2 aliphatic heterocycles. The lowest BCUT2D eigenvalue weighted by molar-refractivity contribution is -0.153. The zero-order valence-corrected chi connectivity index (χ0v) is 62.7. The van der Waals surface area contributed by atoms with Gasteiger partial charge in [0.25, 0.3) is 0 Å². The molecule has 0 aliphatic carbocycles. The zero-order valence-electron chi connectivity index (χ0n) is 62.7. The second kappa shape index (κ2) is 38.6. The van der Waals surface area contributed by atoms with Gasteiger partial charge in [-0.3, -0.25) is 57.5 Å². The third-order valence-corrected chi connectivity index (χ3v) is 19.6. The van der Waals surface area contributed by atoms with Gasteiger partial charge in [-0.05, 0) is 106 Å². The summed E-state index contributed by atoms with van der Waals surface area (Å²) in [6.45, 7) is 23.4. The molecule has 0 spiro atoms. The molecule has 13 atom stereocenters. The van der Waals surface area contributed by atoms with Gasteiger partial charge in [0.1, 0.15) is 66.5 Å². The van der Waals surface area contributed by atoms with Crippen molar-refractivity contribution in [2.75, 3.05) is 62.4 Å². The van der Waals surface area contributed by atoms with Crippen LogP contribution in [0.1, 0.15) is 159 Å². The predicted octanol–water partition coefficient (Wildman–Crippen LogP) is 4.27. The molecular formula is C74H118N12O13. The second-order valence-corrected chi connectivity index (χ2v) is 29.3. The van der Waals surface area contributed by atoms with Crippen LogP contribution in [-0.4, -0.2) is 250 Å². The summed E-state index contributed by atoms with van der Waals surface area (Å²) in [5.74, 6) is -9.84. The smallest absolute Gasteiger partial charge is 0.248 e. The van der Waals surface area contributed by atoms with Crippen molar-refractivity contribution in [3.63, 3.8) is 0 Å². The number of hydrogen-bond acceptors (Lipinski definition) is 13. The number of carbonyl (C=O) groups excluding carboxylic acids is 12. The van der Waals surface area contributed by atoms with Crippen molar-refractivity contribution in [3.05, 3.63) is 71.8 Å². The first-order valence-corrected chi connectivity index (χ1v) is 35.5. The highest BCUT2D eigenvalue weighted by atomic mass is 16.3. The van der Waals surface area contributed by atoms with Crippen LogP contribution in [0.2, 0.25) is 0 Å². The number of carbonyl (C=O) groups is 12. The normalized spacial score (nSPS) is 26.3. The van der Waals surface area contributed by atoms with Crippen LogP contribution in [0.4, 0.5) is 0 Å². The maximum Gasteiger partial charge on any atom is 0.248 e. The van der Waals surface area contributed by atoms with E-state index in [1.165, 1.54) is 94.6 Å². The minimum absolute atomic E-state index is 0.0388. The average molecular weight is 1380 g/mol. The first kappa shape index (κ1) is 83.5. The number of aliphatic hydroxyl groups is 1. The third-order valence-electron chi connectivity index (χ3n) is 19.6. The number of nitrogens with one attached hydrogen (secondary N) is 4. The molecule has 2 aromatic rings.